The van der Waals surface area contributed by atoms with Crippen molar-refractivity contribution in [2.75, 3.05) is 18.6 Å². The lowest BCUT2D eigenvalue weighted by molar-refractivity contribution is -0.146. The van der Waals surface area contributed by atoms with Gasteiger partial charge < -0.3 is 9.64 Å². The number of aryl methyl sites for hydroxylation is 2. The summed E-state index contributed by atoms with van der Waals surface area (Å²) in [4.78, 5) is 14.2. The number of hydrogen-bond acceptors (Lipinski definition) is 3. The van der Waals surface area contributed by atoms with Crippen LogP contribution in [0, 0.1) is 19.8 Å². The van der Waals surface area contributed by atoms with E-state index in [4.69, 9.17) is 4.74 Å². The summed E-state index contributed by atoms with van der Waals surface area (Å²) < 4.78 is 4.94. The molecule has 104 valence electrons. The van der Waals surface area contributed by atoms with Gasteiger partial charge in [0.25, 0.3) is 0 Å². The number of anilines is 1. The molecule has 1 heterocycles. The topological polar surface area (TPSA) is 29.5 Å². The van der Waals surface area contributed by atoms with E-state index in [1.54, 1.807) is 0 Å². The molecule has 0 N–H and O–H groups in total. The Morgan fingerprint density at radius 3 is 2.63 bits per heavy atom. The molecule has 0 saturated carbocycles. The Morgan fingerprint density at radius 1 is 1.37 bits per heavy atom. The fraction of sp³-hybridized carbons (Fsp3) is 0.562. The highest BCUT2D eigenvalue weighted by atomic mass is 16.5. The first-order chi connectivity index (χ1) is 8.87. The number of carbonyl (C=O) groups excluding carboxylic acids is 1. The largest absolute Gasteiger partial charge is 0.469 e. The number of ether oxygens (including phenoxy) is 1. The maximum atomic E-state index is 11.9. The summed E-state index contributed by atoms with van der Waals surface area (Å²) in [5.41, 5.74) is 3.55. The van der Waals surface area contributed by atoms with E-state index in [9.17, 15) is 4.79 Å². The van der Waals surface area contributed by atoms with Crippen LogP contribution in [0.15, 0.2) is 18.2 Å². The number of esters is 1. The average Bonchev–Trinajstić information content (AvgIpc) is 2.64. The second-order valence-corrected chi connectivity index (χ2v) is 5.96. The van der Waals surface area contributed by atoms with E-state index in [1.165, 1.54) is 23.9 Å². The number of nitrogens with zero attached hydrogens (tertiary/aromatic N) is 1. The van der Waals surface area contributed by atoms with Gasteiger partial charge in [-0.05, 0) is 45.7 Å². The predicted molar refractivity (Wildman–Crippen MR) is 77.5 cm³/mol. The molecule has 1 aliphatic rings. The Balaban J connectivity index is 2.34. The molecule has 3 heteroatoms. The van der Waals surface area contributed by atoms with Crippen molar-refractivity contribution >= 4 is 11.7 Å². The van der Waals surface area contributed by atoms with Crippen LogP contribution in [0.2, 0.25) is 0 Å². The molecule has 0 spiro atoms. The number of methoxy groups -OCH3 is 1. The summed E-state index contributed by atoms with van der Waals surface area (Å²) in [6.45, 7) is 9.38. The molecular weight excluding hydrogens is 238 g/mol. The van der Waals surface area contributed by atoms with Crippen LogP contribution in [0.4, 0.5) is 5.69 Å². The summed E-state index contributed by atoms with van der Waals surface area (Å²) >= 11 is 0. The minimum Gasteiger partial charge on any atom is -0.469 e. The molecule has 2 rings (SSSR count). The standard InChI is InChI=1S/C16H23NO2/c1-11-6-7-14(12(2)10-11)17-9-8-13(15(18)19-5)16(17,3)4/h6-7,10,13H,8-9H2,1-5H3. The molecule has 1 aliphatic heterocycles. The van der Waals surface area contributed by atoms with Gasteiger partial charge in [-0.15, -0.1) is 0 Å². The van der Waals surface area contributed by atoms with Crippen molar-refractivity contribution in [3.63, 3.8) is 0 Å². The van der Waals surface area contributed by atoms with Crippen LogP contribution in [0.5, 0.6) is 0 Å². The minimum absolute atomic E-state index is 0.0572. The van der Waals surface area contributed by atoms with E-state index in [0.29, 0.717) is 0 Å². The van der Waals surface area contributed by atoms with Gasteiger partial charge in [-0.3, -0.25) is 4.79 Å². The molecule has 1 atom stereocenters. The summed E-state index contributed by atoms with van der Waals surface area (Å²) in [7, 11) is 1.47. The van der Waals surface area contributed by atoms with Gasteiger partial charge in [0.05, 0.1) is 13.0 Å². The quantitative estimate of drug-likeness (QED) is 0.766. The molecule has 1 aromatic carbocycles. The van der Waals surface area contributed by atoms with Crippen LogP contribution in [0.1, 0.15) is 31.4 Å². The Kier molecular flexibility index (Phi) is 3.57. The van der Waals surface area contributed by atoms with Crippen molar-refractivity contribution in [2.45, 2.75) is 39.7 Å². The molecule has 0 aliphatic carbocycles. The monoisotopic (exact) mass is 261 g/mol. The van der Waals surface area contributed by atoms with Crippen LogP contribution in [-0.4, -0.2) is 25.2 Å². The van der Waals surface area contributed by atoms with Crippen molar-refractivity contribution in [1.29, 1.82) is 0 Å². The van der Waals surface area contributed by atoms with Gasteiger partial charge in [-0.2, -0.15) is 0 Å². The third-order valence-electron chi connectivity index (χ3n) is 4.32. The second-order valence-electron chi connectivity index (χ2n) is 5.96. The zero-order valence-electron chi connectivity index (χ0n) is 12.5. The molecule has 0 aromatic heterocycles. The van der Waals surface area contributed by atoms with Crippen molar-refractivity contribution in [1.82, 2.24) is 0 Å². The smallest absolute Gasteiger partial charge is 0.311 e. The van der Waals surface area contributed by atoms with E-state index in [2.05, 4.69) is 50.8 Å². The lowest BCUT2D eigenvalue weighted by Crippen LogP contribution is -2.45. The average molecular weight is 261 g/mol. The molecule has 1 unspecified atom stereocenters. The second kappa shape index (κ2) is 4.87. The Morgan fingerprint density at radius 2 is 2.05 bits per heavy atom. The predicted octanol–water partition coefficient (Wildman–Crippen LogP) is 3.08. The van der Waals surface area contributed by atoms with Gasteiger partial charge in [0.15, 0.2) is 0 Å². The van der Waals surface area contributed by atoms with Gasteiger partial charge in [-0.25, -0.2) is 0 Å². The maximum Gasteiger partial charge on any atom is 0.311 e. The van der Waals surface area contributed by atoms with Crippen molar-refractivity contribution < 1.29 is 9.53 Å². The molecule has 0 radical (unpaired) electrons. The fourth-order valence-electron chi connectivity index (χ4n) is 3.18. The summed E-state index contributed by atoms with van der Waals surface area (Å²) in [6.07, 6.45) is 0.854. The van der Waals surface area contributed by atoms with E-state index in [0.717, 1.165) is 13.0 Å². The van der Waals surface area contributed by atoms with E-state index >= 15 is 0 Å². The molecule has 3 nitrogen and oxygen atoms in total. The highest BCUT2D eigenvalue weighted by Crippen LogP contribution is 2.40. The van der Waals surface area contributed by atoms with Gasteiger partial charge in [0, 0.05) is 17.8 Å². The summed E-state index contributed by atoms with van der Waals surface area (Å²) in [6, 6.07) is 6.48. The molecule has 1 aromatic rings. The van der Waals surface area contributed by atoms with Gasteiger partial charge in [-0.1, -0.05) is 17.7 Å². The normalized spacial score (nSPS) is 21.5. The van der Waals surface area contributed by atoms with Crippen LogP contribution in [0.25, 0.3) is 0 Å². The lowest BCUT2D eigenvalue weighted by atomic mass is 9.88. The highest BCUT2D eigenvalue weighted by molar-refractivity contribution is 5.76. The molecule has 1 saturated heterocycles. The molecule has 0 bridgehead atoms. The van der Waals surface area contributed by atoms with Crippen molar-refractivity contribution in [3.8, 4) is 0 Å². The maximum absolute atomic E-state index is 11.9. The third kappa shape index (κ3) is 2.34. The molecule has 0 amide bonds. The van der Waals surface area contributed by atoms with Crippen LogP contribution >= 0.6 is 0 Å². The third-order valence-corrected chi connectivity index (χ3v) is 4.32. The van der Waals surface area contributed by atoms with Gasteiger partial charge in [0.1, 0.15) is 0 Å². The molecular formula is C16H23NO2. The molecule has 1 fully saturated rings. The minimum atomic E-state index is -0.201. The van der Waals surface area contributed by atoms with Crippen LogP contribution in [0.3, 0.4) is 0 Å². The van der Waals surface area contributed by atoms with E-state index in [1.807, 2.05) is 0 Å². The number of benzene rings is 1. The Bertz CT molecular complexity index is 494. The number of hydrogen-bond donors (Lipinski definition) is 0. The van der Waals surface area contributed by atoms with E-state index in [-0.39, 0.29) is 17.4 Å². The summed E-state index contributed by atoms with van der Waals surface area (Å²) in [5.74, 6) is -0.157. The Labute approximate surface area is 115 Å². The zero-order valence-corrected chi connectivity index (χ0v) is 12.5. The lowest BCUT2D eigenvalue weighted by Gasteiger charge is -2.37. The van der Waals surface area contributed by atoms with Gasteiger partial charge in [0.2, 0.25) is 0 Å². The zero-order chi connectivity index (χ0) is 14.2. The highest BCUT2D eigenvalue weighted by Gasteiger charge is 2.46. The van der Waals surface area contributed by atoms with Crippen LogP contribution in [-0.2, 0) is 9.53 Å². The van der Waals surface area contributed by atoms with Crippen molar-refractivity contribution in [2.24, 2.45) is 5.92 Å². The first-order valence-corrected chi connectivity index (χ1v) is 6.80. The summed E-state index contributed by atoms with van der Waals surface area (Å²) in [5, 5.41) is 0. The SMILES string of the molecule is COC(=O)C1CCN(c2ccc(C)cc2C)C1(C)C. The van der Waals surface area contributed by atoms with Crippen LogP contribution < -0.4 is 4.90 Å². The first-order valence-electron chi connectivity index (χ1n) is 6.80. The van der Waals surface area contributed by atoms with E-state index < -0.39 is 0 Å². The van der Waals surface area contributed by atoms with Gasteiger partial charge >= 0.3 is 5.97 Å². The number of carbonyl (C=O) groups is 1. The first kappa shape index (κ1) is 13.9. The van der Waals surface area contributed by atoms with Crippen molar-refractivity contribution in [3.05, 3.63) is 29.3 Å². The molecule has 19 heavy (non-hydrogen) atoms. The fourth-order valence-corrected chi connectivity index (χ4v) is 3.18. The number of rotatable bonds is 2. The Hall–Kier alpha value is -1.51.